The Balaban J connectivity index is 1.49. The zero-order valence-electron chi connectivity index (χ0n) is 16.5. The highest BCUT2D eigenvalue weighted by molar-refractivity contribution is 7.82. The zero-order chi connectivity index (χ0) is 20.9. The van der Waals surface area contributed by atoms with Crippen LogP contribution in [0.5, 0.6) is 0 Å². The predicted molar refractivity (Wildman–Crippen MR) is 120 cm³/mol. The van der Waals surface area contributed by atoms with Gasteiger partial charge in [-0.1, -0.05) is 48.5 Å². The summed E-state index contributed by atoms with van der Waals surface area (Å²) in [6.07, 6.45) is 6.51. The van der Waals surface area contributed by atoms with E-state index in [1.165, 1.54) is 9.54 Å². The summed E-state index contributed by atoms with van der Waals surface area (Å²) in [6, 6.07) is 24.2. The van der Waals surface area contributed by atoms with Crippen molar-refractivity contribution in [2.75, 3.05) is 6.26 Å². The summed E-state index contributed by atoms with van der Waals surface area (Å²) < 4.78 is 13.0. The lowest BCUT2D eigenvalue weighted by atomic mass is 9.99. The average Bonchev–Trinajstić information content (AvgIpc) is 3.29. The van der Waals surface area contributed by atoms with E-state index < -0.39 is 11.0 Å². The van der Waals surface area contributed by atoms with Gasteiger partial charge < -0.3 is 5.32 Å². The lowest BCUT2D eigenvalue weighted by molar-refractivity contribution is 0.0950. The van der Waals surface area contributed by atoms with Crippen molar-refractivity contribution in [3.63, 3.8) is 0 Å². The van der Waals surface area contributed by atoms with Gasteiger partial charge >= 0.3 is 0 Å². The van der Waals surface area contributed by atoms with Crippen molar-refractivity contribution < 1.29 is 9.00 Å². The van der Waals surface area contributed by atoms with Gasteiger partial charge in [0.2, 0.25) is 0 Å². The molecule has 0 aliphatic carbocycles. The quantitative estimate of drug-likeness (QED) is 0.511. The van der Waals surface area contributed by atoms with E-state index in [0.717, 1.165) is 22.4 Å². The van der Waals surface area contributed by atoms with E-state index in [9.17, 15) is 9.00 Å². The molecule has 0 fully saturated rings. The second-order valence-corrected chi connectivity index (χ2v) is 8.12. The highest BCUT2D eigenvalue weighted by Crippen LogP contribution is 2.26. The van der Waals surface area contributed by atoms with Crippen LogP contribution in [0.2, 0.25) is 0 Å². The number of benzene rings is 2. The number of hydrogen-bond donors (Lipinski definition) is 1. The molecule has 2 heterocycles. The lowest BCUT2D eigenvalue weighted by Crippen LogP contribution is -2.23. The SMILES string of the molecule is CS(=O)n1ccc(C(=O)NCc2cc(-c3cccc(-c4ccccc4)c3)ccn2)c1. The first-order chi connectivity index (χ1) is 14.6. The first-order valence-corrected chi connectivity index (χ1v) is 11.0. The maximum Gasteiger partial charge on any atom is 0.253 e. The van der Waals surface area contributed by atoms with Gasteiger partial charge in [-0.25, -0.2) is 4.21 Å². The molecule has 6 heteroatoms. The topological polar surface area (TPSA) is 64.0 Å². The Bertz CT molecular complexity index is 1200. The number of rotatable bonds is 6. The molecule has 0 bridgehead atoms. The average molecular weight is 416 g/mol. The van der Waals surface area contributed by atoms with E-state index in [1.807, 2.05) is 36.4 Å². The number of amides is 1. The number of hydrogen-bond acceptors (Lipinski definition) is 3. The van der Waals surface area contributed by atoms with E-state index in [4.69, 9.17) is 0 Å². The number of aromatic nitrogens is 2. The molecular weight excluding hydrogens is 394 g/mol. The molecule has 0 saturated heterocycles. The van der Waals surface area contributed by atoms with E-state index in [2.05, 4.69) is 40.6 Å². The van der Waals surface area contributed by atoms with Crippen LogP contribution in [0.3, 0.4) is 0 Å². The van der Waals surface area contributed by atoms with Crippen LogP contribution in [0.1, 0.15) is 16.1 Å². The molecule has 1 unspecified atom stereocenters. The summed E-state index contributed by atoms with van der Waals surface area (Å²) in [4.78, 5) is 16.7. The fourth-order valence-electron chi connectivity index (χ4n) is 3.21. The Kier molecular flexibility index (Phi) is 5.86. The van der Waals surface area contributed by atoms with Crippen molar-refractivity contribution in [2.45, 2.75) is 6.54 Å². The molecule has 5 nitrogen and oxygen atoms in total. The van der Waals surface area contributed by atoms with Crippen LogP contribution in [0, 0.1) is 0 Å². The van der Waals surface area contributed by atoms with Crippen LogP contribution in [0.25, 0.3) is 22.3 Å². The van der Waals surface area contributed by atoms with Gasteiger partial charge in [-0.3, -0.25) is 13.8 Å². The van der Waals surface area contributed by atoms with Crippen molar-refractivity contribution >= 4 is 16.9 Å². The summed E-state index contributed by atoms with van der Waals surface area (Å²) >= 11 is 0. The third kappa shape index (κ3) is 4.55. The maximum absolute atomic E-state index is 12.4. The molecule has 0 spiro atoms. The van der Waals surface area contributed by atoms with Gasteiger partial charge in [0, 0.05) is 24.8 Å². The standard InChI is InChI=1S/C24H21N3O2S/c1-30(29)27-13-11-22(17-27)24(28)26-16-23-15-21(10-12-25-23)20-9-5-8-19(14-20)18-6-3-2-4-7-18/h2-15,17H,16H2,1H3,(H,26,28). The predicted octanol–water partition coefficient (Wildman–Crippen LogP) is 4.29. The normalized spacial score (nSPS) is 11.8. The summed E-state index contributed by atoms with van der Waals surface area (Å²) in [5.41, 5.74) is 5.69. The fourth-order valence-corrected chi connectivity index (χ4v) is 3.70. The van der Waals surface area contributed by atoms with Crippen molar-refractivity contribution in [2.24, 2.45) is 0 Å². The van der Waals surface area contributed by atoms with Crippen LogP contribution in [0.15, 0.2) is 91.4 Å². The van der Waals surface area contributed by atoms with Gasteiger partial charge in [0.1, 0.15) is 11.0 Å². The first kappa shape index (κ1) is 19.8. The van der Waals surface area contributed by atoms with Crippen molar-refractivity contribution in [3.8, 4) is 22.3 Å². The summed E-state index contributed by atoms with van der Waals surface area (Å²) in [5.74, 6) is -0.225. The van der Waals surface area contributed by atoms with Gasteiger partial charge in [-0.05, 0) is 46.5 Å². The molecule has 150 valence electrons. The molecule has 2 aromatic carbocycles. The molecule has 1 N–H and O–H groups in total. The minimum absolute atomic E-state index is 0.225. The number of pyridine rings is 1. The molecule has 0 saturated carbocycles. The minimum atomic E-state index is -1.18. The van der Waals surface area contributed by atoms with Gasteiger partial charge in [0.25, 0.3) is 5.91 Å². The first-order valence-electron chi connectivity index (χ1n) is 9.51. The molecule has 0 aliphatic heterocycles. The van der Waals surface area contributed by atoms with Gasteiger partial charge in [-0.15, -0.1) is 0 Å². The maximum atomic E-state index is 12.4. The fraction of sp³-hybridized carbons (Fsp3) is 0.0833. The molecule has 0 aliphatic rings. The van der Waals surface area contributed by atoms with Crippen LogP contribution < -0.4 is 5.32 Å². The van der Waals surface area contributed by atoms with E-state index in [-0.39, 0.29) is 5.91 Å². The van der Waals surface area contributed by atoms with Crippen molar-refractivity contribution in [1.29, 1.82) is 0 Å². The zero-order valence-corrected chi connectivity index (χ0v) is 17.3. The van der Waals surface area contributed by atoms with E-state index >= 15 is 0 Å². The van der Waals surface area contributed by atoms with Crippen LogP contribution in [0.4, 0.5) is 0 Å². The summed E-state index contributed by atoms with van der Waals surface area (Å²) in [7, 11) is -1.18. The molecule has 30 heavy (non-hydrogen) atoms. The number of nitrogens with one attached hydrogen (secondary N) is 1. The molecule has 1 atom stereocenters. The molecule has 0 radical (unpaired) electrons. The number of carbonyl (C=O) groups excluding carboxylic acids is 1. The van der Waals surface area contributed by atoms with Crippen LogP contribution in [-0.4, -0.2) is 25.3 Å². The van der Waals surface area contributed by atoms with Crippen molar-refractivity contribution in [1.82, 2.24) is 14.3 Å². The van der Waals surface area contributed by atoms with Crippen LogP contribution >= 0.6 is 0 Å². The minimum Gasteiger partial charge on any atom is -0.346 e. The molecular formula is C24H21N3O2S. The Morgan fingerprint density at radius 3 is 2.37 bits per heavy atom. The lowest BCUT2D eigenvalue weighted by Gasteiger charge is -2.08. The second kappa shape index (κ2) is 8.88. The second-order valence-electron chi connectivity index (χ2n) is 6.85. The van der Waals surface area contributed by atoms with Gasteiger partial charge in [-0.2, -0.15) is 0 Å². The number of nitrogens with zero attached hydrogens (tertiary/aromatic N) is 2. The Morgan fingerprint density at radius 2 is 1.63 bits per heavy atom. The smallest absolute Gasteiger partial charge is 0.253 e. The van der Waals surface area contributed by atoms with E-state index in [0.29, 0.717) is 12.1 Å². The largest absolute Gasteiger partial charge is 0.346 e. The Labute approximate surface area is 178 Å². The van der Waals surface area contributed by atoms with Gasteiger partial charge in [0.05, 0.1) is 17.8 Å². The van der Waals surface area contributed by atoms with E-state index in [1.54, 1.807) is 30.9 Å². The molecule has 4 aromatic rings. The third-order valence-electron chi connectivity index (χ3n) is 4.78. The van der Waals surface area contributed by atoms with Gasteiger partial charge in [0.15, 0.2) is 0 Å². The highest BCUT2D eigenvalue weighted by Gasteiger charge is 2.09. The molecule has 2 aromatic heterocycles. The Morgan fingerprint density at radius 1 is 0.933 bits per heavy atom. The van der Waals surface area contributed by atoms with Crippen LogP contribution in [-0.2, 0) is 17.5 Å². The summed E-state index contributed by atoms with van der Waals surface area (Å²) in [6.45, 7) is 0.311. The Hall–Kier alpha value is -3.51. The summed E-state index contributed by atoms with van der Waals surface area (Å²) in [5, 5.41) is 2.87. The highest BCUT2D eigenvalue weighted by atomic mass is 32.2. The molecule has 4 rings (SSSR count). The van der Waals surface area contributed by atoms with Crippen molar-refractivity contribution in [3.05, 3.63) is 103 Å². The monoisotopic (exact) mass is 415 g/mol. The molecule has 1 amide bonds. The third-order valence-corrected chi connectivity index (χ3v) is 5.60. The number of carbonyl (C=O) groups is 1.